The highest BCUT2D eigenvalue weighted by atomic mass is 32.2. The summed E-state index contributed by atoms with van der Waals surface area (Å²) in [5.74, 6) is 2.11. The molecule has 4 heterocycles. The molecule has 0 saturated carbocycles. The molecule has 154 valence electrons. The molecule has 0 saturated heterocycles. The molecular formula is C20H15N7O2S2. The van der Waals surface area contributed by atoms with Gasteiger partial charge in [0.15, 0.2) is 5.82 Å². The van der Waals surface area contributed by atoms with Gasteiger partial charge in [0.2, 0.25) is 5.13 Å². The van der Waals surface area contributed by atoms with E-state index in [0.29, 0.717) is 39.1 Å². The van der Waals surface area contributed by atoms with E-state index in [9.17, 15) is 0 Å². The maximum absolute atomic E-state index is 6.03. The van der Waals surface area contributed by atoms with E-state index in [4.69, 9.17) is 9.26 Å². The van der Waals surface area contributed by atoms with Crippen LogP contribution in [0.5, 0.6) is 11.6 Å². The summed E-state index contributed by atoms with van der Waals surface area (Å²) >= 11 is 2.68. The maximum Gasteiger partial charge on any atom is 0.264 e. The monoisotopic (exact) mass is 449 g/mol. The standard InChI is InChI=1S/C20H15N7O2S2/c1-11-16-14(8-9-21-18(16)29-26-11)30-15-10-22-17(25-20-23-12(2)27-31-20)19(24-15)28-13-6-4-3-5-7-13/h3-10H,1-2H3,(H,22,23,25,27). The van der Waals surface area contributed by atoms with Crippen LogP contribution in [0.15, 0.2) is 63.2 Å². The van der Waals surface area contributed by atoms with Crippen molar-refractivity contribution in [3.05, 3.63) is 60.3 Å². The van der Waals surface area contributed by atoms with E-state index in [1.165, 1.54) is 23.3 Å². The van der Waals surface area contributed by atoms with Crippen LogP contribution in [0.25, 0.3) is 11.1 Å². The number of fused-ring (bicyclic) bond motifs is 1. The van der Waals surface area contributed by atoms with Gasteiger partial charge in [-0.25, -0.2) is 19.9 Å². The van der Waals surface area contributed by atoms with Crippen molar-refractivity contribution in [3.8, 4) is 11.6 Å². The van der Waals surface area contributed by atoms with Gasteiger partial charge in [-0.1, -0.05) is 35.1 Å². The summed E-state index contributed by atoms with van der Waals surface area (Å²) < 4.78 is 15.5. The number of aromatic nitrogens is 6. The first kappa shape index (κ1) is 19.4. The van der Waals surface area contributed by atoms with Crippen LogP contribution in [0.2, 0.25) is 0 Å². The second-order valence-electron chi connectivity index (χ2n) is 6.41. The molecule has 0 amide bonds. The lowest BCUT2D eigenvalue weighted by Crippen LogP contribution is -2.00. The Morgan fingerprint density at radius 2 is 1.94 bits per heavy atom. The minimum atomic E-state index is 0.330. The van der Waals surface area contributed by atoms with Gasteiger partial charge in [0.25, 0.3) is 11.6 Å². The zero-order valence-electron chi connectivity index (χ0n) is 16.4. The van der Waals surface area contributed by atoms with Crippen LogP contribution in [0.4, 0.5) is 10.9 Å². The van der Waals surface area contributed by atoms with Crippen LogP contribution in [0.3, 0.4) is 0 Å². The second-order valence-corrected chi connectivity index (χ2v) is 8.22. The Morgan fingerprint density at radius 3 is 2.74 bits per heavy atom. The van der Waals surface area contributed by atoms with E-state index >= 15 is 0 Å². The molecule has 31 heavy (non-hydrogen) atoms. The first-order valence-electron chi connectivity index (χ1n) is 9.22. The Morgan fingerprint density at radius 1 is 1.06 bits per heavy atom. The number of benzene rings is 1. The lowest BCUT2D eigenvalue weighted by atomic mass is 10.3. The number of hydrogen-bond donors (Lipinski definition) is 1. The fourth-order valence-electron chi connectivity index (χ4n) is 2.80. The largest absolute Gasteiger partial charge is 0.436 e. The van der Waals surface area contributed by atoms with Gasteiger partial charge >= 0.3 is 0 Å². The van der Waals surface area contributed by atoms with Gasteiger partial charge < -0.3 is 14.6 Å². The number of ether oxygens (including phenoxy) is 1. The number of rotatable bonds is 6. The molecule has 0 aliphatic carbocycles. The van der Waals surface area contributed by atoms with Crippen LogP contribution in [-0.4, -0.2) is 29.5 Å². The van der Waals surface area contributed by atoms with E-state index < -0.39 is 0 Å². The quantitative estimate of drug-likeness (QED) is 0.372. The third-order valence-corrected chi connectivity index (χ3v) is 5.84. The molecule has 0 fully saturated rings. The fourth-order valence-corrected chi connectivity index (χ4v) is 4.30. The summed E-state index contributed by atoms with van der Waals surface area (Å²) in [6, 6.07) is 11.3. The Bertz CT molecular complexity index is 1350. The Balaban J connectivity index is 1.51. The van der Waals surface area contributed by atoms with Crippen molar-refractivity contribution in [2.24, 2.45) is 0 Å². The predicted octanol–water partition coefficient (Wildman–Crippen LogP) is 5.17. The third-order valence-electron chi connectivity index (χ3n) is 4.15. The Hall–Kier alpha value is -3.57. The van der Waals surface area contributed by atoms with Gasteiger partial charge in [0, 0.05) is 22.6 Å². The molecule has 0 radical (unpaired) electrons. The van der Waals surface area contributed by atoms with Gasteiger partial charge in [-0.2, -0.15) is 4.37 Å². The normalized spacial score (nSPS) is 11.0. The molecule has 4 aromatic heterocycles. The molecular weight excluding hydrogens is 434 g/mol. The van der Waals surface area contributed by atoms with Crippen molar-refractivity contribution >= 4 is 45.3 Å². The van der Waals surface area contributed by atoms with E-state index in [0.717, 1.165) is 16.0 Å². The third kappa shape index (κ3) is 4.18. The van der Waals surface area contributed by atoms with Gasteiger partial charge in [-0.05, 0) is 32.0 Å². The number of nitrogens with zero attached hydrogens (tertiary/aromatic N) is 6. The summed E-state index contributed by atoms with van der Waals surface area (Å²) in [5.41, 5.74) is 1.25. The summed E-state index contributed by atoms with van der Waals surface area (Å²) in [6.45, 7) is 3.71. The number of anilines is 2. The van der Waals surface area contributed by atoms with E-state index in [2.05, 4.69) is 34.8 Å². The van der Waals surface area contributed by atoms with Gasteiger partial charge in [-0.15, -0.1) is 0 Å². The van der Waals surface area contributed by atoms with Crippen molar-refractivity contribution in [2.75, 3.05) is 5.32 Å². The van der Waals surface area contributed by atoms with Crippen LogP contribution in [0.1, 0.15) is 11.5 Å². The molecule has 0 spiro atoms. The first-order chi connectivity index (χ1) is 15.2. The van der Waals surface area contributed by atoms with Crippen molar-refractivity contribution in [1.29, 1.82) is 0 Å². The summed E-state index contributed by atoms with van der Waals surface area (Å²) in [5, 5.41) is 9.26. The van der Waals surface area contributed by atoms with E-state index in [1.54, 1.807) is 12.4 Å². The van der Waals surface area contributed by atoms with Gasteiger partial charge in [-0.3, -0.25) is 0 Å². The lowest BCUT2D eigenvalue weighted by molar-refractivity contribution is 0.443. The van der Waals surface area contributed by atoms with Crippen LogP contribution >= 0.6 is 23.3 Å². The smallest absolute Gasteiger partial charge is 0.264 e. The van der Waals surface area contributed by atoms with Crippen molar-refractivity contribution in [2.45, 2.75) is 23.8 Å². The number of pyridine rings is 1. The molecule has 0 atom stereocenters. The molecule has 5 aromatic rings. The average molecular weight is 450 g/mol. The first-order valence-corrected chi connectivity index (χ1v) is 10.8. The summed E-state index contributed by atoms with van der Waals surface area (Å²) in [6.07, 6.45) is 3.35. The van der Waals surface area contributed by atoms with Gasteiger partial charge in [0.05, 0.1) is 17.3 Å². The highest BCUT2D eigenvalue weighted by Gasteiger charge is 2.16. The molecule has 0 aliphatic heterocycles. The molecule has 5 rings (SSSR count). The zero-order chi connectivity index (χ0) is 21.2. The molecule has 1 aromatic carbocycles. The molecule has 0 bridgehead atoms. The molecule has 0 aliphatic rings. The van der Waals surface area contributed by atoms with Crippen molar-refractivity contribution in [1.82, 2.24) is 29.5 Å². The SMILES string of the molecule is Cc1nsc(Nc2ncc(Sc3ccnc4onc(C)c34)nc2Oc2ccccc2)n1. The molecule has 11 heteroatoms. The number of hydrogen-bond acceptors (Lipinski definition) is 11. The summed E-state index contributed by atoms with van der Waals surface area (Å²) in [7, 11) is 0. The number of aryl methyl sites for hydroxylation is 2. The minimum Gasteiger partial charge on any atom is -0.436 e. The molecule has 1 N–H and O–H groups in total. The van der Waals surface area contributed by atoms with Crippen LogP contribution < -0.4 is 10.1 Å². The maximum atomic E-state index is 6.03. The topological polar surface area (TPSA) is 112 Å². The van der Waals surface area contributed by atoms with E-state index in [-0.39, 0.29) is 0 Å². The molecule has 9 nitrogen and oxygen atoms in total. The predicted molar refractivity (Wildman–Crippen MR) is 117 cm³/mol. The lowest BCUT2D eigenvalue weighted by Gasteiger charge is -2.11. The second kappa shape index (κ2) is 8.28. The summed E-state index contributed by atoms with van der Waals surface area (Å²) in [4.78, 5) is 18.7. The highest BCUT2D eigenvalue weighted by Crippen LogP contribution is 2.36. The molecule has 0 unspecified atom stereocenters. The number of para-hydroxylation sites is 1. The zero-order valence-corrected chi connectivity index (χ0v) is 18.1. The van der Waals surface area contributed by atoms with Crippen LogP contribution in [-0.2, 0) is 0 Å². The van der Waals surface area contributed by atoms with Gasteiger partial charge in [0.1, 0.15) is 16.6 Å². The Kier molecular flexibility index (Phi) is 5.18. The average Bonchev–Trinajstić information content (AvgIpc) is 3.36. The van der Waals surface area contributed by atoms with Crippen molar-refractivity contribution < 1.29 is 9.26 Å². The van der Waals surface area contributed by atoms with E-state index in [1.807, 2.05) is 50.2 Å². The highest BCUT2D eigenvalue weighted by molar-refractivity contribution is 7.99. The Labute approximate surface area is 185 Å². The van der Waals surface area contributed by atoms with Crippen molar-refractivity contribution in [3.63, 3.8) is 0 Å². The minimum absolute atomic E-state index is 0.330. The van der Waals surface area contributed by atoms with Crippen LogP contribution in [0, 0.1) is 13.8 Å². The number of nitrogens with one attached hydrogen (secondary N) is 1. The fraction of sp³-hybridized carbons (Fsp3) is 0.100.